The van der Waals surface area contributed by atoms with Crippen molar-refractivity contribution in [2.75, 3.05) is 17.1 Å². The fraction of sp³-hybridized carbons (Fsp3) is 0.207. The molecule has 0 spiro atoms. The molecule has 0 saturated carbocycles. The van der Waals surface area contributed by atoms with Crippen LogP contribution in [0.5, 0.6) is 5.75 Å². The second kappa shape index (κ2) is 10.8. The summed E-state index contributed by atoms with van der Waals surface area (Å²) in [6.45, 7) is 11.1. The normalized spacial score (nSPS) is 11.8. The zero-order valence-corrected chi connectivity index (χ0v) is 22.8. The number of nitrogens with two attached hydrogens (primary N) is 1. The van der Waals surface area contributed by atoms with E-state index in [9.17, 15) is 8.42 Å². The van der Waals surface area contributed by atoms with E-state index >= 15 is 0 Å². The van der Waals surface area contributed by atoms with Gasteiger partial charge in [0.1, 0.15) is 5.75 Å². The molecule has 3 N–H and O–H groups in total. The lowest BCUT2D eigenvalue weighted by molar-refractivity contribution is 0.243. The highest BCUT2D eigenvalue weighted by molar-refractivity contribution is 7.93. The lowest BCUT2D eigenvalue weighted by Crippen LogP contribution is -2.13. The van der Waals surface area contributed by atoms with Gasteiger partial charge in [-0.3, -0.25) is 4.72 Å². The van der Waals surface area contributed by atoms with Gasteiger partial charge in [-0.2, -0.15) is 0 Å². The van der Waals surface area contributed by atoms with Crippen molar-refractivity contribution in [2.24, 2.45) is 5.41 Å². The summed E-state index contributed by atoms with van der Waals surface area (Å²) in [5.41, 5.74) is 9.65. The first-order chi connectivity index (χ1) is 17.6. The van der Waals surface area contributed by atoms with Gasteiger partial charge < -0.3 is 10.5 Å². The molecule has 0 aliphatic rings. The number of nitrogens with one attached hydrogen (secondary N) is 1. The summed E-state index contributed by atoms with van der Waals surface area (Å²) in [5.74, 6) is 0.750. The van der Waals surface area contributed by atoms with Crippen LogP contribution in [0.15, 0.2) is 84.3 Å². The van der Waals surface area contributed by atoms with Crippen LogP contribution in [0.2, 0.25) is 0 Å². The van der Waals surface area contributed by atoms with Crippen LogP contribution in [0.25, 0.3) is 27.8 Å². The molecule has 3 aromatic carbocycles. The molecule has 4 aromatic rings. The maximum Gasteiger partial charge on any atom is 0.263 e. The van der Waals surface area contributed by atoms with Gasteiger partial charge in [-0.15, -0.1) is 0 Å². The molecule has 0 bridgehead atoms. The smallest absolute Gasteiger partial charge is 0.263 e. The van der Waals surface area contributed by atoms with Crippen LogP contribution in [0.3, 0.4) is 0 Å². The number of sulfonamides is 1. The number of aromatic nitrogens is 1. The number of hydrogen-bond donors (Lipinski definition) is 2. The largest absolute Gasteiger partial charge is 0.494 e. The highest BCUT2D eigenvalue weighted by atomic mass is 32.2. The highest BCUT2D eigenvalue weighted by Gasteiger charge is 2.22. The summed E-state index contributed by atoms with van der Waals surface area (Å²) in [6.07, 6.45) is 2.69. The molecule has 37 heavy (non-hydrogen) atoms. The van der Waals surface area contributed by atoms with E-state index < -0.39 is 10.0 Å². The number of nitrogens with zero attached hydrogens (tertiary/aromatic N) is 1. The minimum absolute atomic E-state index is 0.0755. The average molecular weight is 534 g/mol. The molecule has 0 atom stereocenters. The Hall–Kier alpha value is -3.62. The number of ether oxygens (including phenoxy) is 1. The van der Waals surface area contributed by atoms with Gasteiger partial charge in [0.15, 0.2) is 5.13 Å². The Kier molecular flexibility index (Phi) is 7.71. The molecule has 0 saturated heterocycles. The van der Waals surface area contributed by atoms with E-state index in [0.29, 0.717) is 18.0 Å². The van der Waals surface area contributed by atoms with Crippen molar-refractivity contribution in [1.29, 1.82) is 0 Å². The van der Waals surface area contributed by atoms with Crippen LogP contribution < -0.4 is 15.2 Å². The van der Waals surface area contributed by atoms with E-state index in [4.69, 9.17) is 15.5 Å². The van der Waals surface area contributed by atoms with Crippen molar-refractivity contribution in [3.05, 3.63) is 84.9 Å². The standard InChI is InChI=1S/C29H31N3O3S2/c1-5-20-10-6-7-15-25(20)26-27(21-11-8-13-23(18-21)35-17-16-29(2,3)4)36-28(31-26)32-37(33,34)24-14-9-12-22(30)19-24/h5-15,18-19H,1,16-17,30H2,2-4H3,(H,31,32). The summed E-state index contributed by atoms with van der Waals surface area (Å²) in [5, 5.41) is 0.255. The molecule has 0 fully saturated rings. The zero-order valence-electron chi connectivity index (χ0n) is 21.2. The second-order valence-corrected chi connectivity index (χ2v) is 12.5. The molecule has 0 radical (unpaired) electrons. The predicted octanol–water partition coefficient (Wildman–Crippen LogP) is 7.32. The van der Waals surface area contributed by atoms with Gasteiger partial charge in [0.2, 0.25) is 0 Å². The predicted molar refractivity (Wildman–Crippen MR) is 154 cm³/mol. The van der Waals surface area contributed by atoms with Gasteiger partial charge in [0.25, 0.3) is 10.0 Å². The summed E-state index contributed by atoms with van der Waals surface area (Å²) < 4.78 is 34.8. The van der Waals surface area contributed by atoms with Crippen molar-refractivity contribution in [1.82, 2.24) is 4.98 Å². The van der Waals surface area contributed by atoms with Crippen molar-refractivity contribution < 1.29 is 13.2 Å². The van der Waals surface area contributed by atoms with Crippen molar-refractivity contribution in [3.63, 3.8) is 0 Å². The fourth-order valence-electron chi connectivity index (χ4n) is 3.69. The quantitative estimate of drug-likeness (QED) is 0.220. The van der Waals surface area contributed by atoms with Gasteiger partial charge in [0.05, 0.1) is 22.1 Å². The Morgan fingerprint density at radius 1 is 1.05 bits per heavy atom. The Bertz CT molecular complexity index is 1520. The number of rotatable bonds is 9. The first-order valence-electron chi connectivity index (χ1n) is 11.9. The fourth-order valence-corrected chi connectivity index (χ4v) is 5.96. The molecule has 6 nitrogen and oxygen atoms in total. The molecule has 0 amide bonds. The summed E-state index contributed by atoms with van der Waals surface area (Å²) in [4.78, 5) is 5.63. The monoisotopic (exact) mass is 533 g/mol. The van der Waals surface area contributed by atoms with Crippen LogP contribution in [-0.4, -0.2) is 20.0 Å². The Morgan fingerprint density at radius 3 is 2.54 bits per heavy atom. The van der Waals surface area contributed by atoms with Crippen LogP contribution in [-0.2, 0) is 10.0 Å². The molecule has 192 valence electrons. The SMILES string of the molecule is C=Cc1ccccc1-c1nc(NS(=O)(=O)c2cccc(N)c2)sc1-c1cccc(OCCC(C)(C)C)c1. The van der Waals surface area contributed by atoms with Gasteiger partial charge in [-0.1, -0.05) is 87.2 Å². The Morgan fingerprint density at radius 2 is 1.81 bits per heavy atom. The summed E-state index contributed by atoms with van der Waals surface area (Å²) >= 11 is 1.27. The number of thiazole rings is 1. The van der Waals surface area contributed by atoms with E-state index in [-0.39, 0.29) is 15.4 Å². The van der Waals surface area contributed by atoms with Gasteiger partial charge in [-0.05, 0) is 53.3 Å². The number of nitrogen functional groups attached to an aromatic ring is 1. The molecule has 0 unspecified atom stereocenters. The molecular weight excluding hydrogens is 502 g/mol. The number of anilines is 2. The third-order valence-electron chi connectivity index (χ3n) is 5.67. The second-order valence-electron chi connectivity index (χ2n) is 9.85. The van der Waals surface area contributed by atoms with E-state index in [1.165, 1.54) is 23.5 Å². The third-order valence-corrected chi connectivity index (χ3v) is 8.16. The van der Waals surface area contributed by atoms with Crippen molar-refractivity contribution >= 4 is 38.3 Å². The number of benzene rings is 3. The summed E-state index contributed by atoms with van der Waals surface area (Å²) in [6, 6.07) is 21.7. The lowest BCUT2D eigenvalue weighted by atomic mass is 9.93. The zero-order chi connectivity index (χ0) is 26.6. The molecular formula is C29H31N3O3S2. The topological polar surface area (TPSA) is 94.3 Å². The van der Waals surface area contributed by atoms with E-state index in [1.807, 2.05) is 48.5 Å². The van der Waals surface area contributed by atoms with E-state index in [1.54, 1.807) is 18.2 Å². The maximum absolute atomic E-state index is 13.1. The van der Waals surface area contributed by atoms with Crippen LogP contribution in [0, 0.1) is 5.41 Å². The molecule has 1 heterocycles. The van der Waals surface area contributed by atoms with E-state index in [2.05, 4.69) is 32.1 Å². The first-order valence-corrected chi connectivity index (χ1v) is 14.2. The molecule has 8 heteroatoms. The van der Waals surface area contributed by atoms with Crippen LogP contribution in [0.1, 0.15) is 32.8 Å². The maximum atomic E-state index is 13.1. The minimum atomic E-state index is -3.88. The molecule has 4 rings (SSSR count). The average Bonchev–Trinajstić information content (AvgIpc) is 3.26. The highest BCUT2D eigenvalue weighted by Crippen LogP contribution is 2.42. The minimum Gasteiger partial charge on any atom is -0.494 e. The summed E-state index contributed by atoms with van der Waals surface area (Å²) in [7, 11) is -3.88. The third kappa shape index (κ3) is 6.58. The van der Waals surface area contributed by atoms with Gasteiger partial charge in [-0.25, -0.2) is 13.4 Å². The Balaban J connectivity index is 1.75. The van der Waals surface area contributed by atoms with Crippen LogP contribution in [0.4, 0.5) is 10.8 Å². The van der Waals surface area contributed by atoms with Gasteiger partial charge in [0, 0.05) is 11.3 Å². The molecule has 0 aliphatic carbocycles. The van der Waals surface area contributed by atoms with Crippen molar-refractivity contribution in [3.8, 4) is 27.4 Å². The number of hydrogen-bond acceptors (Lipinski definition) is 6. The lowest BCUT2D eigenvalue weighted by Gasteiger charge is -2.18. The van der Waals surface area contributed by atoms with Gasteiger partial charge >= 0.3 is 0 Å². The van der Waals surface area contributed by atoms with Crippen LogP contribution >= 0.6 is 11.3 Å². The van der Waals surface area contributed by atoms with E-state index in [0.717, 1.165) is 33.7 Å². The molecule has 1 aromatic heterocycles. The Labute approximate surface area is 222 Å². The molecule has 0 aliphatic heterocycles. The first kappa shape index (κ1) is 26.4. The van der Waals surface area contributed by atoms with Crippen molar-refractivity contribution in [2.45, 2.75) is 32.1 Å².